The molecular weight excluding hydrogens is 556 g/mol. The highest BCUT2D eigenvalue weighted by Crippen LogP contribution is 2.32. The summed E-state index contributed by atoms with van der Waals surface area (Å²) in [7, 11) is 1.59. The maximum Gasteiger partial charge on any atom is 0.338 e. The van der Waals surface area contributed by atoms with E-state index in [4.69, 9.17) is 14.2 Å². The van der Waals surface area contributed by atoms with Crippen molar-refractivity contribution in [1.82, 2.24) is 4.57 Å². The summed E-state index contributed by atoms with van der Waals surface area (Å²) >= 11 is 4.79. The van der Waals surface area contributed by atoms with Gasteiger partial charge < -0.3 is 14.2 Å². The second-order valence-electron chi connectivity index (χ2n) is 9.16. The minimum absolute atomic E-state index is 0.0261. The molecule has 0 N–H and O–H groups in total. The number of aromatic nitrogens is 1. The maximum atomic E-state index is 13.9. The first kappa shape index (κ1) is 26.9. The molecule has 1 atom stereocenters. The van der Waals surface area contributed by atoms with Crippen LogP contribution in [0.25, 0.3) is 6.08 Å². The van der Waals surface area contributed by atoms with Crippen LogP contribution >= 0.6 is 27.3 Å². The fourth-order valence-corrected chi connectivity index (χ4v) is 5.51. The number of ether oxygens (including phenoxy) is 3. The Morgan fingerprint density at radius 2 is 1.81 bits per heavy atom. The molecule has 1 aliphatic rings. The molecule has 1 aliphatic heterocycles. The van der Waals surface area contributed by atoms with Crippen LogP contribution in [0.15, 0.2) is 68.0 Å². The van der Waals surface area contributed by atoms with E-state index in [0.29, 0.717) is 32.1 Å². The number of allylic oxidation sites excluding steroid dienone is 1. The zero-order chi connectivity index (χ0) is 26.9. The summed E-state index contributed by atoms with van der Waals surface area (Å²) in [5.41, 5.74) is 2.13. The minimum atomic E-state index is -0.690. The third kappa shape index (κ3) is 5.72. The molecule has 1 aromatic heterocycles. The first-order valence-electron chi connectivity index (χ1n) is 11.9. The highest BCUT2D eigenvalue weighted by Gasteiger charge is 2.33. The molecule has 0 bridgehead atoms. The number of carbonyl (C=O) groups excluding carboxylic acids is 1. The summed E-state index contributed by atoms with van der Waals surface area (Å²) in [4.78, 5) is 32.3. The molecule has 3 aromatic rings. The normalized spacial score (nSPS) is 15.6. The van der Waals surface area contributed by atoms with Crippen molar-refractivity contribution in [2.45, 2.75) is 52.9 Å². The van der Waals surface area contributed by atoms with Gasteiger partial charge in [-0.2, -0.15) is 0 Å². The topological polar surface area (TPSA) is 79.1 Å². The molecule has 2 aromatic carbocycles. The van der Waals surface area contributed by atoms with Crippen molar-refractivity contribution < 1.29 is 19.0 Å². The van der Waals surface area contributed by atoms with Gasteiger partial charge in [0.1, 0.15) is 11.5 Å². The zero-order valence-electron chi connectivity index (χ0n) is 21.6. The van der Waals surface area contributed by atoms with E-state index in [0.717, 1.165) is 15.6 Å². The van der Waals surface area contributed by atoms with Gasteiger partial charge in [-0.1, -0.05) is 39.4 Å². The second-order valence-corrected chi connectivity index (χ2v) is 11.1. The quantitative estimate of drug-likeness (QED) is 0.375. The number of methoxy groups -OCH3 is 1. The summed E-state index contributed by atoms with van der Waals surface area (Å²) in [6, 6.07) is 12.3. The number of halogens is 1. The summed E-state index contributed by atoms with van der Waals surface area (Å²) < 4.78 is 19.8. The highest BCUT2D eigenvalue weighted by molar-refractivity contribution is 9.10. The lowest BCUT2D eigenvalue weighted by atomic mass is 9.96. The fraction of sp³-hybridized carbons (Fsp3) is 0.321. The van der Waals surface area contributed by atoms with Gasteiger partial charge in [0.25, 0.3) is 5.56 Å². The summed E-state index contributed by atoms with van der Waals surface area (Å²) in [6.07, 6.45) is 1.47. The van der Waals surface area contributed by atoms with Gasteiger partial charge in [-0.05, 0) is 76.6 Å². The molecule has 0 radical (unpaired) electrons. The average molecular weight is 586 g/mol. The average Bonchev–Trinajstić information content (AvgIpc) is 3.13. The molecular formula is C28H29BrN2O5S. The van der Waals surface area contributed by atoms with Crippen LogP contribution < -0.4 is 24.4 Å². The number of nitrogens with zero attached hydrogens (tertiary/aromatic N) is 2. The Hall–Kier alpha value is -3.17. The van der Waals surface area contributed by atoms with E-state index in [-0.39, 0.29) is 17.8 Å². The summed E-state index contributed by atoms with van der Waals surface area (Å²) in [5, 5.41) is 0. The van der Waals surface area contributed by atoms with E-state index in [1.54, 1.807) is 32.4 Å². The molecule has 194 valence electrons. The van der Waals surface area contributed by atoms with Gasteiger partial charge in [-0.15, -0.1) is 0 Å². The van der Waals surface area contributed by atoms with E-state index in [1.165, 1.54) is 11.3 Å². The Balaban J connectivity index is 1.94. The number of hydrogen-bond donors (Lipinski definition) is 0. The SMILES string of the molecule is COc1ccc([C@@H]2C(C(=O)OC(C)C)=C(C)N=c3s/c(=C/c4cc(Br)ccc4OC(C)C)c(=O)n32)cc1. The van der Waals surface area contributed by atoms with Crippen LogP contribution in [0.4, 0.5) is 0 Å². The lowest BCUT2D eigenvalue weighted by molar-refractivity contribution is -0.143. The Labute approximate surface area is 227 Å². The van der Waals surface area contributed by atoms with Gasteiger partial charge in [0.15, 0.2) is 4.80 Å². The first-order valence-corrected chi connectivity index (χ1v) is 13.5. The predicted octanol–water partition coefficient (Wildman–Crippen LogP) is 4.75. The van der Waals surface area contributed by atoms with Crippen molar-refractivity contribution in [3.8, 4) is 11.5 Å². The van der Waals surface area contributed by atoms with Gasteiger partial charge in [0, 0.05) is 10.0 Å². The standard InChI is InChI=1S/C28H29BrN2O5S/c1-15(2)35-22-12-9-20(29)13-19(22)14-23-26(32)31-25(18-7-10-21(34-6)11-8-18)24(27(33)36-16(3)4)17(5)30-28(31)37-23/h7-16,25H,1-6H3/b23-14+/t25-/m1/s1. The molecule has 2 heterocycles. The van der Waals surface area contributed by atoms with Gasteiger partial charge >= 0.3 is 5.97 Å². The van der Waals surface area contributed by atoms with Crippen molar-refractivity contribution >= 4 is 39.3 Å². The van der Waals surface area contributed by atoms with Crippen LogP contribution in [0.3, 0.4) is 0 Å². The van der Waals surface area contributed by atoms with Crippen LogP contribution in [-0.4, -0.2) is 29.9 Å². The van der Waals surface area contributed by atoms with Crippen LogP contribution in [-0.2, 0) is 9.53 Å². The van der Waals surface area contributed by atoms with Crippen LogP contribution in [0.5, 0.6) is 11.5 Å². The lowest BCUT2D eigenvalue weighted by Crippen LogP contribution is -2.40. The molecule has 0 aliphatic carbocycles. The van der Waals surface area contributed by atoms with Gasteiger partial charge in [0.05, 0.1) is 41.2 Å². The summed E-state index contributed by atoms with van der Waals surface area (Å²) in [5.74, 6) is 0.856. The first-order chi connectivity index (χ1) is 17.6. The minimum Gasteiger partial charge on any atom is -0.497 e. The second kappa shape index (κ2) is 11.1. The third-order valence-corrected chi connectivity index (χ3v) is 7.11. The number of carbonyl (C=O) groups is 1. The van der Waals surface area contributed by atoms with Gasteiger partial charge in [-0.25, -0.2) is 9.79 Å². The molecule has 37 heavy (non-hydrogen) atoms. The molecule has 0 saturated carbocycles. The number of hydrogen-bond acceptors (Lipinski definition) is 7. The van der Waals surface area contributed by atoms with E-state index < -0.39 is 12.0 Å². The number of thiazole rings is 1. The van der Waals surface area contributed by atoms with Crippen LogP contribution in [0.2, 0.25) is 0 Å². The Bertz CT molecular complexity index is 1530. The molecule has 0 amide bonds. The molecule has 0 fully saturated rings. The number of fused-ring (bicyclic) bond motifs is 1. The molecule has 0 unspecified atom stereocenters. The van der Waals surface area contributed by atoms with Crippen molar-refractivity contribution in [3.63, 3.8) is 0 Å². The van der Waals surface area contributed by atoms with E-state index in [9.17, 15) is 9.59 Å². The number of rotatable bonds is 7. The van der Waals surface area contributed by atoms with Crippen molar-refractivity contribution in [2.75, 3.05) is 7.11 Å². The maximum absolute atomic E-state index is 13.9. The van der Waals surface area contributed by atoms with Crippen molar-refractivity contribution in [1.29, 1.82) is 0 Å². The molecule has 0 saturated heterocycles. The monoisotopic (exact) mass is 584 g/mol. The smallest absolute Gasteiger partial charge is 0.338 e. The van der Waals surface area contributed by atoms with Crippen molar-refractivity contribution in [2.24, 2.45) is 4.99 Å². The van der Waals surface area contributed by atoms with E-state index >= 15 is 0 Å². The van der Waals surface area contributed by atoms with E-state index in [1.807, 2.05) is 62.4 Å². The lowest BCUT2D eigenvalue weighted by Gasteiger charge is -2.25. The zero-order valence-corrected chi connectivity index (χ0v) is 24.0. The van der Waals surface area contributed by atoms with E-state index in [2.05, 4.69) is 20.9 Å². The number of esters is 1. The molecule has 9 heteroatoms. The molecule has 4 rings (SSSR count). The highest BCUT2D eigenvalue weighted by atomic mass is 79.9. The summed E-state index contributed by atoms with van der Waals surface area (Å²) in [6.45, 7) is 9.26. The van der Waals surface area contributed by atoms with Crippen LogP contribution in [0, 0.1) is 0 Å². The largest absolute Gasteiger partial charge is 0.497 e. The fourth-order valence-electron chi connectivity index (χ4n) is 4.10. The Kier molecular flexibility index (Phi) is 8.04. The van der Waals surface area contributed by atoms with Gasteiger partial charge in [-0.3, -0.25) is 9.36 Å². The van der Waals surface area contributed by atoms with Gasteiger partial charge in [0.2, 0.25) is 0 Å². The number of benzene rings is 2. The molecule has 0 spiro atoms. The van der Waals surface area contributed by atoms with Crippen LogP contribution in [0.1, 0.15) is 51.8 Å². The van der Waals surface area contributed by atoms with Crippen molar-refractivity contribution in [3.05, 3.63) is 89.0 Å². The third-order valence-electron chi connectivity index (χ3n) is 5.64. The molecule has 7 nitrogen and oxygen atoms in total. The Morgan fingerprint density at radius 1 is 1.11 bits per heavy atom. The Morgan fingerprint density at radius 3 is 2.43 bits per heavy atom. The predicted molar refractivity (Wildman–Crippen MR) is 148 cm³/mol.